The molecular weight excluding hydrogens is 494 g/mol. The van der Waals surface area contributed by atoms with Gasteiger partial charge in [-0.1, -0.05) is 86.7 Å². The average Bonchev–Trinajstić information content (AvgIpc) is 2.97. The maximum Gasteiger partial charge on any atom is 0.336 e. The van der Waals surface area contributed by atoms with E-state index in [-0.39, 0.29) is 5.91 Å². The summed E-state index contributed by atoms with van der Waals surface area (Å²) in [6, 6.07) is 21.2. The van der Waals surface area contributed by atoms with Crippen LogP contribution in [0.5, 0.6) is 0 Å². The lowest BCUT2D eigenvalue weighted by molar-refractivity contribution is 0.0697. The number of hydrogen-bond donors (Lipinski definition) is 2. The van der Waals surface area contributed by atoms with E-state index in [1.165, 1.54) is 59.9 Å². The number of nitrogens with one attached hydrogen (secondary N) is 1. The molecule has 1 amide bonds. The van der Waals surface area contributed by atoms with Crippen molar-refractivity contribution in [3.05, 3.63) is 100 Å². The molecule has 4 rings (SSSR count). The van der Waals surface area contributed by atoms with Gasteiger partial charge in [0.1, 0.15) is 0 Å². The Morgan fingerprint density at radius 1 is 0.875 bits per heavy atom. The third-order valence-electron chi connectivity index (χ3n) is 7.89. The van der Waals surface area contributed by atoms with Crippen LogP contribution < -0.4 is 5.32 Å². The number of aryl methyl sites for hydroxylation is 2. The van der Waals surface area contributed by atoms with Gasteiger partial charge in [0.15, 0.2) is 0 Å². The molecule has 1 fully saturated rings. The monoisotopic (exact) mass is 539 g/mol. The molecule has 3 aromatic carbocycles. The Labute approximate surface area is 240 Å². The highest BCUT2D eigenvalue weighted by atomic mass is 16.4. The van der Waals surface area contributed by atoms with Crippen molar-refractivity contribution in [2.45, 2.75) is 79.6 Å². The number of rotatable bonds is 8. The molecule has 2 N–H and O–H groups in total. The Balaban J connectivity index is 0.000000225. The van der Waals surface area contributed by atoms with Crippen LogP contribution in [0.25, 0.3) is 16.7 Å². The molecule has 1 aliphatic rings. The normalized spacial score (nSPS) is 13.1. The number of amides is 1. The zero-order valence-electron chi connectivity index (χ0n) is 24.8. The van der Waals surface area contributed by atoms with E-state index >= 15 is 0 Å². The summed E-state index contributed by atoms with van der Waals surface area (Å²) in [5.41, 5.74) is 9.10. The maximum atomic E-state index is 12.4. The molecule has 0 unspecified atom stereocenters. The summed E-state index contributed by atoms with van der Waals surface area (Å²) < 4.78 is 0. The highest BCUT2D eigenvalue weighted by molar-refractivity contribution is 5.96. The third kappa shape index (κ3) is 8.67. The second kappa shape index (κ2) is 15.2. The van der Waals surface area contributed by atoms with Gasteiger partial charge in [0, 0.05) is 12.1 Å². The number of benzene rings is 3. The van der Waals surface area contributed by atoms with Gasteiger partial charge in [-0.3, -0.25) is 4.79 Å². The number of carbonyl (C=O) groups excluding carboxylic acids is 1. The van der Waals surface area contributed by atoms with Gasteiger partial charge in [-0.15, -0.1) is 0 Å². The Kier molecular flexibility index (Phi) is 11.7. The Morgan fingerprint density at radius 3 is 2.17 bits per heavy atom. The van der Waals surface area contributed by atoms with E-state index in [0.29, 0.717) is 11.5 Å². The molecule has 3 aromatic rings. The first-order valence-electron chi connectivity index (χ1n) is 14.7. The van der Waals surface area contributed by atoms with Crippen LogP contribution in [0.2, 0.25) is 0 Å². The van der Waals surface area contributed by atoms with Crippen molar-refractivity contribution < 1.29 is 14.7 Å². The minimum absolute atomic E-state index is 0.0633. The predicted octanol–water partition coefficient (Wildman–Crippen LogP) is 9.12. The van der Waals surface area contributed by atoms with Gasteiger partial charge in [-0.2, -0.15) is 0 Å². The fraction of sp³-hybridized carbons (Fsp3) is 0.389. The van der Waals surface area contributed by atoms with E-state index in [1.54, 1.807) is 12.1 Å². The Bertz CT molecular complexity index is 1310. The lowest BCUT2D eigenvalue weighted by Gasteiger charge is -2.21. The van der Waals surface area contributed by atoms with Gasteiger partial charge in [0.05, 0.1) is 5.56 Å². The van der Waals surface area contributed by atoms with Crippen molar-refractivity contribution in [1.29, 1.82) is 0 Å². The minimum atomic E-state index is -0.886. The Hall–Kier alpha value is -3.66. The van der Waals surface area contributed by atoms with Crippen LogP contribution >= 0.6 is 0 Å². The zero-order valence-corrected chi connectivity index (χ0v) is 24.8. The van der Waals surface area contributed by atoms with Crippen molar-refractivity contribution in [2.75, 3.05) is 6.54 Å². The van der Waals surface area contributed by atoms with Gasteiger partial charge in [0.2, 0.25) is 0 Å². The van der Waals surface area contributed by atoms with E-state index in [2.05, 4.69) is 58.1 Å². The highest BCUT2D eigenvalue weighted by Gasteiger charge is 2.16. The van der Waals surface area contributed by atoms with Gasteiger partial charge in [-0.25, -0.2) is 4.79 Å². The molecule has 0 spiro atoms. The number of hydrogen-bond acceptors (Lipinski definition) is 2. The summed E-state index contributed by atoms with van der Waals surface area (Å²) in [7, 11) is 0. The summed E-state index contributed by atoms with van der Waals surface area (Å²) in [6.45, 7) is 11.4. The molecule has 0 atom stereocenters. The second-order valence-electron chi connectivity index (χ2n) is 11.2. The Morgan fingerprint density at radius 2 is 1.55 bits per heavy atom. The average molecular weight is 540 g/mol. The predicted molar refractivity (Wildman–Crippen MR) is 167 cm³/mol. The molecule has 0 aliphatic heterocycles. The van der Waals surface area contributed by atoms with E-state index in [1.807, 2.05) is 36.4 Å². The van der Waals surface area contributed by atoms with E-state index in [0.717, 1.165) is 36.1 Å². The molecule has 0 aromatic heterocycles. The molecule has 0 radical (unpaired) electrons. The molecule has 212 valence electrons. The molecule has 40 heavy (non-hydrogen) atoms. The molecular formula is C36H45NO3. The summed E-state index contributed by atoms with van der Waals surface area (Å²) in [6.07, 6.45) is 8.68. The van der Waals surface area contributed by atoms with Crippen LogP contribution in [0.1, 0.15) is 104 Å². The topological polar surface area (TPSA) is 66.4 Å². The van der Waals surface area contributed by atoms with E-state index in [4.69, 9.17) is 5.11 Å². The first-order chi connectivity index (χ1) is 19.2. The van der Waals surface area contributed by atoms with Crippen molar-refractivity contribution >= 4 is 17.4 Å². The van der Waals surface area contributed by atoms with E-state index in [9.17, 15) is 9.59 Å². The van der Waals surface area contributed by atoms with Crippen LogP contribution in [0.3, 0.4) is 0 Å². The lowest BCUT2D eigenvalue weighted by Crippen LogP contribution is -2.30. The van der Waals surface area contributed by atoms with Crippen LogP contribution in [-0.2, 0) is 6.42 Å². The zero-order chi connectivity index (χ0) is 29.1. The van der Waals surface area contributed by atoms with Crippen molar-refractivity contribution in [2.24, 2.45) is 5.92 Å². The molecule has 4 heteroatoms. The van der Waals surface area contributed by atoms with Gasteiger partial charge < -0.3 is 10.4 Å². The van der Waals surface area contributed by atoms with Gasteiger partial charge >= 0.3 is 5.97 Å². The fourth-order valence-electron chi connectivity index (χ4n) is 5.23. The van der Waals surface area contributed by atoms with Crippen molar-refractivity contribution in [3.8, 4) is 11.1 Å². The fourth-order valence-corrected chi connectivity index (χ4v) is 5.23. The second-order valence-corrected chi connectivity index (χ2v) is 11.2. The molecule has 0 bridgehead atoms. The standard InChI is InChI=1S/C20H29NO.C16H16O2/c1-14(2)16(4)19-12-18(11-10-15(19)3)20(22)21-13-17-8-6-5-7-9-17;1-2-5-12-8-10-13(11-9-12)14-6-3-4-7-15(14)16(17)18/h10-12,17H,5-9,13H2,1-4H3,(H,21,22);3-4,6-11H,2,5H2,1H3,(H,17,18). The third-order valence-corrected chi connectivity index (χ3v) is 7.89. The SMILES string of the molecule is CC(C)=C(C)c1cc(C(=O)NCC2CCCCC2)ccc1C.CCCc1ccc(-c2ccccc2C(=O)O)cc1. The number of carbonyl (C=O) groups is 2. The molecule has 0 saturated heterocycles. The summed E-state index contributed by atoms with van der Waals surface area (Å²) in [4.78, 5) is 23.6. The summed E-state index contributed by atoms with van der Waals surface area (Å²) in [5, 5.41) is 12.3. The van der Waals surface area contributed by atoms with Crippen LogP contribution in [-0.4, -0.2) is 23.5 Å². The number of carboxylic acids is 1. The highest BCUT2D eigenvalue weighted by Crippen LogP contribution is 2.26. The molecule has 1 aliphatic carbocycles. The largest absolute Gasteiger partial charge is 0.478 e. The van der Waals surface area contributed by atoms with Crippen LogP contribution in [0.15, 0.2) is 72.3 Å². The maximum absolute atomic E-state index is 12.4. The lowest BCUT2D eigenvalue weighted by atomic mass is 9.89. The van der Waals surface area contributed by atoms with Gasteiger partial charge in [0.25, 0.3) is 5.91 Å². The first kappa shape index (κ1) is 30.9. The van der Waals surface area contributed by atoms with Crippen LogP contribution in [0, 0.1) is 12.8 Å². The van der Waals surface area contributed by atoms with Crippen LogP contribution in [0.4, 0.5) is 0 Å². The molecule has 4 nitrogen and oxygen atoms in total. The van der Waals surface area contributed by atoms with Crippen molar-refractivity contribution in [3.63, 3.8) is 0 Å². The van der Waals surface area contributed by atoms with E-state index < -0.39 is 5.97 Å². The number of aromatic carboxylic acids is 1. The summed E-state index contributed by atoms with van der Waals surface area (Å²) in [5.74, 6) is -0.154. The minimum Gasteiger partial charge on any atom is -0.478 e. The van der Waals surface area contributed by atoms with Crippen molar-refractivity contribution in [1.82, 2.24) is 5.32 Å². The number of carboxylic acid groups (broad SMARTS) is 1. The van der Waals surface area contributed by atoms with Gasteiger partial charge in [-0.05, 0) is 104 Å². The quantitative estimate of drug-likeness (QED) is 0.300. The smallest absolute Gasteiger partial charge is 0.336 e. The molecule has 0 heterocycles. The molecule has 1 saturated carbocycles. The number of allylic oxidation sites excluding steroid dienone is 2. The first-order valence-corrected chi connectivity index (χ1v) is 14.7. The summed E-state index contributed by atoms with van der Waals surface area (Å²) >= 11 is 0.